The number of carbonyl (C=O) groups is 1. The molecular weight excluding hydrogens is 374 g/mol. The molecule has 1 heterocycles. The lowest BCUT2D eigenvalue weighted by Gasteiger charge is -2.12. The van der Waals surface area contributed by atoms with Crippen LogP contribution in [0.2, 0.25) is 0 Å². The number of rotatable bonds is 6. The number of hydrogen-bond acceptors (Lipinski definition) is 5. The van der Waals surface area contributed by atoms with Crippen molar-refractivity contribution in [2.24, 2.45) is 5.16 Å². The molecule has 2 aromatic rings. The molecule has 0 unspecified atom stereocenters. The first kappa shape index (κ1) is 17.9. The molecule has 0 aliphatic rings. The van der Waals surface area contributed by atoms with Crippen molar-refractivity contribution < 1.29 is 14.4 Å². The zero-order valence-corrected chi connectivity index (χ0v) is 15.3. The van der Waals surface area contributed by atoms with Crippen molar-refractivity contribution in [3.63, 3.8) is 0 Å². The van der Waals surface area contributed by atoms with Gasteiger partial charge in [0.1, 0.15) is 13.7 Å². The van der Waals surface area contributed by atoms with Crippen LogP contribution in [0.3, 0.4) is 0 Å². The van der Waals surface area contributed by atoms with Gasteiger partial charge in [0, 0.05) is 18.8 Å². The summed E-state index contributed by atoms with van der Waals surface area (Å²) >= 11 is 3.43. The molecule has 1 N–H and O–H groups in total. The molecule has 0 fully saturated rings. The summed E-state index contributed by atoms with van der Waals surface area (Å²) in [5.74, 6) is 0.152. The van der Waals surface area contributed by atoms with Gasteiger partial charge in [0.2, 0.25) is 5.88 Å². The lowest BCUT2D eigenvalue weighted by Crippen LogP contribution is -2.29. The lowest BCUT2D eigenvalue weighted by molar-refractivity contribution is -0.114. The molecule has 0 atom stereocenters. The summed E-state index contributed by atoms with van der Waals surface area (Å²) in [7, 11) is 2.94. The number of halogens is 1. The number of oxime groups is 1. The third-order valence-corrected chi connectivity index (χ3v) is 3.77. The Labute approximate surface area is 149 Å². The maximum Gasteiger partial charge on any atom is 0.273 e. The van der Waals surface area contributed by atoms with Crippen LogP contribution >= 0.6 is 15.9 Å². The minimum Gasteiger partial charge on any atom is -0.472 e. The molecule has 1 aromatic carbocycles. The van der Waals surface area contributed by atoms with E-state index in [0.717, 1.165) is 15.6 Å². The van der Waals surface area contributed by atoms with Gasteiger partial charge in [-0.3, -0.25) is 4.79 Å². The maximum atomic E-state index is 12.0. The van der Waals surface area contributed by atoms with Crippen LogP contribution in [0, 0.1) is 6.92 Å². The third kappa shape index (κ3) is 4.32. The van der Waals surface area contributed by atoms with Gasteiger partial charge in [0.05, 0.1) is 4.47 Å². The van der Waals surface area contributed by atoms with Crippen LogP contribution in [0.15, 0.2) is 46.2 Å². The standard InChI is InChI=1S/C17H18BrN3O3/c1-11-8-14(18)17(20-9-11)24-10-12-6-4-5-7-13(12)15(21-23-3)16(22)19-2/h4-9H,10H2,1-3H3,(H,19,22). The summed E-state index contributed by atoms with van der Waals surface area (Å²) in [5, 5.41) is 6.39. The topological polar surface area (TPSA) is 72.8 Å². The number of aryl methyl sites for hydroxylation is 1. The van der Waals surface area contributed by atoms with Gasteiger partial charge in [-0.15, -0.1) is 0 Å². The molecule has 0 saturated carbocycles. The average molecular weight is 392 g/mol. The van der Waals surface area contributed by atoms with E-state index in [1.807, 2.05) is 31.2 Å². The summed E-state index contributed by atoms with van der Waals surface area (Å²) < 4.78 is 6.55. The Bertz CT molecular complexity index is 762. The molecule has 24 heavy (non-hydrogen) atoms. The third-order valence-electron chi connectivity index (χ3n) is 3.21. The molecule has 0 aliphatic carbocycles. The second-order valence-electron chi connectivity index (χ2n) is 4.95. The van der Waals surface area contributed by atoms with Gasteiger partial charge < -0.3 is 14.9 Å². The largest absolute Gasteiger partial charge is 0.472 e. The van der Waals surface area contributed by atoms with Crippen LogP contribution in [-0.2, 0) is 16.2 Å². The fourth-order valence-corrected chi connectivity index (χ4v) is 2.65. The summed E-state index contributed by atoms with van der Waals surface area (Å²) in [5.41, 5.74) is 2.66. The van der Waals surface area contributed by atoms with E-state index in [-0.39, 0.29) is 18.2 Å². The predicted molar refractivity (Wildman–Crippen MR) is 95.1 cm³/mol. The molecule has 0 saturated heterocycles. The molecule has 0 radical (unpaired) electrons. The Kier molecular flexibility index (Phi) is 6.31. The first-order valence-corrected chi connectivity index (χ1v) is 8.02. The Morgan fingerprint density at radius 2 is 2.12 bits per heavy atom. The molecule has 0 spiro atoms. The average Bonchev–Trinajstić information content (AvgIpc) is 2.59. The van der Waals surface area contributed by atoms with Gasteiger partial charge in [-0.2, -0.15) is 0 Å². The summed E-state index contributed by atoms with van der Waals surface area (Å²) in [6, 6.07) is 9.28. The Morgan fingerprint density at radius 1 is 1.38 bits per heavy atom. The van der Waals surface area contributed by atoms with Crippen LogP contribution in [0.5, 0.6) is 5.88 Å². The number of hydrogen-bond donors (Lipinski definition) is 1. The molecule has 6 nitrogen and oxygen atoms in total. The molecule has 126 valence electrons. The number of pyridine rings is 1. The molecule has 1 aromatic heterocycles. The maximum absolute atomic E-state index is 12.0. The van der Waals surface area contributed by atoms with E-state index in [2.05, 4.69) is 31.4 Å². The van der Waals surface area contributed by atoms with Crippen LogP contribution in [0.25, 0.3) is 0 Å². The van der Waals surface area contributed by atoms with E-state index in [4.69, 9.17) is 9.57 Å². The van der Waals surface area contributed by atoms with E-state index in [1.165, 1.54) is 7.11 Å². The monoisotopic (exact) mass is 391 g/mol. The lowest BCUT2D eigenvalue weighted by atomic mass is 10.0. The first-order valence-electron chi connectivity index (χ1n) is 7.23. The molecule has 7 heteroatoms. The van der Waals surface area contributed by atoms with Gasteiger partial charge in [-0.25, -0.2) is 4.98 Å². The molecule has 2 rings (SSSR count). The minimum absolute atomic E-state index is 0.190. The fraction of sp³-hybridized carbons (Fsp3) is 0.235. The smallest absolute Gasteiger partial charge is 0.273 e. The predicted octanol–water partition coefficient (Wildman–Crippen LogP) is 2.83. The van der Waals surface area contributed by atoms with Gasteiger partial charge in [0.15, 0.2) is 5.71 Å². The van der Waals surface area contributed by atoms with Gasteiger partial charge >= 0.3 is 0 Å². The van der Waals surface area contributed by atoms with Crippen molar-refractivity contribution in [3.8, 4) is 5.88 Å². The molecule has 1 amide bonds. The Hall–Kier alpha value is -2.41. The van der Waals surface area contributed by atoms with E-state index in [1.54, 1.807) is 19.3 Å². The first-order chi connectivity index (χ1) is 11.6. The highest BCUT2D eigenvalue weighted by molar-refractivity contribution is 9.10. The number of ether oxygens (including phenoxy) is 1. The van der Waals surface area contributed by atoms with Crippen molar-refractivity contribution in [2.75, 3.05) is 14.2 Å². The molecular formula is C17H18BrN3O3. The van der Waals surface area contributed by atoms with Crippen LogP contribution < -0.4 is 10.1 Å². The van der Waals surface area contributed by atoms with Crippen molar-refractivity contribution in [3.05, 3.63) is 57.7 Å². The van der Waals surface area contributed by atoms with Crippen LogP contribution in [0.1, 0.15) is 16.7 Å². The number of nitrogens with zero attached hydrogens (tertiary/aromatic N) is 2. The second-order valence-corrected chi connectivity index (χ2v) is 5.80. The quantitative estimate of drug-likeness (QED) is 0.606. The van der Waals surface area contributed by atoms with E-state index < -0.39 is 0 Å². The van der Waals surface area contributed by atoms with Gasteiger partial charge in [-0.05, 0) is 40.0 Å². The Balaban J connectivity index is 2.28. The normalized spacial score (nSPS) is 11.1. The van der Waals surface area contributed by atoms with Gasteiger partial charge in [0.25, 0.3) is 5.91 Å². The Morgan fingerprint density at radius 3 is 2.79 bits per heavy atom. The summed E-state index contributed by atoms with van der Waals surface area (Å²) in [6.45, 7) is 2.19. The highest BCUT2D eigenvalue weighted by Gasteiger charge is 2.17. The fourth-order valence-electron chi connectivity index (χ4n) is 2.07. The minimum atomic E-state index is -0.334. The van der Waals surface area contributed by atoms with E-state index in [0.29, 0.717) is 11.4 Å². The van der Waals surface area contributed by atoms with E-state index >= 15 is 0 Å². The van der Waals surface area contributed by atoms with E-state index in [9.17, 15) is 4.79 Å². The number of carbonyl (C=O) groups excluding carboxylic acids is 1. The number of nitrogens with one attached hydrogen (secondary N) is 1. The van der Waals surface area contributed by atoms with Crippen molar-refractivity contribution in [1.82, 2.24) is 10.3 Å². The highest BCUT2D eigenvalue weighted by atomic mass is 79.9. The molecule has 0 bridgehead atoms. The summed E-state index contributed by atoms with van der Waals surface area (Å²) in [4.78, 5) is 21.1. The van der Waals surface area contributed by atoms with Crippen molar-refractivity contribution >= 4 is 27.5 Å². The van der Waals surface area contributed by atoms with Gasteiger partial charge in [-0.1, -0.05) is 29.4 Å². The highest BCUT2D eigenvalue weighted by Crippen LogP contribution is 2.24. The second kappa shape index (κ2) is 8.44. The number of likely N-dealkylation sites (N-methyl/N-ethyl adjacent to an activating group) is 1. The SMILES string of the molecule is CNC(=O)C(=NOC)c1ccccc1COc1ncc(C)cc1Br. The van der Waals surface area contributed by atoms with Crippen LogP contribution in [0.4, 0.5) is 0 Å². The summed E-state index contributed by atoms with van der Waals surface area (Å²) in [6.07, 6.45) is 1.73. The van der Waals surface area contributed by atoms with Crippen LogP contribution in [-0.4, -0.2) is 30.8 Å². The number of amides is 1. The zero-order valence-electron chi connectivity index (χ0n) is 13.7. The van der Waals surface area contributed by atoms with Crippen molar-refractivity contribution in [1.29, 1.82) is 0 Å². The van der Waals surface area contributed by atoms with Crippen molar-refractivity contribution in [2.45, 2.75) is 13.5 Å². The zero-order chi connectivity index (χ0) is 17.5. The number of aromatic nitrogens is 1. The number of benzene rings is 1. The molecule has 0 aliphatic heterocycles.